The molecule has 0 N–H and O–H groups in total. The van der Waals surface area contributed by atoms with E-state index in [1.165, 1.54) is 33.3 Å². The number of carbonyl (C=O) groups is 2. The molecule has 0 bridgehead atoms. The summed E-state index contributed by atoms with van der Waals surface area (Å²) < 4.78 is 22.4. The third-order valence-electron chi connectivity index (χ3n) is 4.30. The van der Waals surface area contributed by atoms with Gasteiger partial charge in [0.25, 0.3) is 5.91 Å². The minimum absolute atomic E-state index is 0.207. The number of Topliss-reactive ketones (excluding diaryl/α,β-unsaturated/α-hetero) is 1. The van der Waals surface area contributed by atoms with Crippen molar-refractivity contribution in [3.63, 3.8) is 0 Å². The molecule has 0 aromatic heterocycles. The second-order valence-corrected chi connectivity index (χ2v) is 7.22. The van der Waals surface area contributed by atoms with Crippen LogP contribution in [0.15, 0.2) is 40.6 Å². The van der Waals surface area contributed by atoms with Crippen molar-refractivity contribution >= 4 is 46.4 Å². The van der Waals surface area contributed by atoms with E-state index in [1.54, 1.807) is 18.2 Å². The summed E-state index contributed by atoms with van der Waals surface area (Å²) in [5.41, 5.74) is 0.499. The summed E-state index contributed by atoms with van der Waals surface area (Å²) in [6.07, 6.45) is 0. The zero-order chi connectivity index (χ0) is 24.5. The Labute approximate surface area is 202 Å². The summed E-state index contributed by atoms with van der Waals surface area (Å²) in [4.78, 5) is 25.2. The molecule has 0 saturated heterocycles. The fourth-order valence-electron chi connectivity index (χ4n) is 2.82. The molecule has 11 heteroatoms. The number of methoxy groups -OCH3 is 2. The van der Waals surface area contributed by atoms with Gasteiger partial charge in [-0.2, -0.15) is 10.2 Å². The van der Waals surface area contributed by atoms with Crippen LogP contribution in [-0.2, 0) is 9.59 Å². The molecule has 0 aliphatic carbocycles. The SMILES string of the molecule is CCOc1ccc(N(Cl)C(=O)C(N=Nc2ccc(Cl)c(OC)c2OC)C(C)=O)cc1OCC. The second-order valence-electron chi connectivity index (χ2n) is 6.48. The van der Waals surface area contributed by atoms with Crippen LogP contribution in [0.1, 0.15) is 20.8 Å². The maximum Gasteiger partial charge on any atom is 0.276 e. The molecule has 2 rings (SSSR count). The first-order valence-corrected chi connectivity index (χ1v) is 10.7. The lowest BCUT2D eigenvalue weighted by molar-refractivity contribution is -0.126. The van der Waals surface area contributed by atoms with E-state index in [0.29, 0.717) is 29.7 Å². The molecule has 9 nitrogen and oxygen atoms in total. The first-order chi connectivity index (χ1) is 15.8. The number of azo groups is 1. The van der Waals surface area contributed by atoms with Crippen LogP contribution in [0, 0.1) is 0 Å². The average molecular weight is 498 g/mol. The first-order valence-electron chi connectivity index (χ1n) is 10.00. The van der Waals surface area contributed by atoms with Crippen LogP contribution in [0.4, 0.5) is 11.4 Å². The van der Waals surface area contributed by atoms with Crippen molar-refractivity contribution in [2.75, 3.05) is 31.9 Å². The van der Waals surface area contributed by atoms with Crippen LogP contribution in [0.3, 0.4) is 0 Å². The van der Waals surface area contributed by atoms with Crippen LogP contribution >= 0.6 is 23.4 Å². The number of rotatable bonds is 11. The Morgan fingerprint density at radius 2 is 1.64 bits per heavy atom. The molecule has 2 aromatic rings. The van der Waals surface area contributed by atoms with E-state index in [-0.39, 0.29) is 22.9 Å². The Balaban J connectivity index is 2.36. The fourth-order valence-corrected chi connectivity index (χ4v) is 3.24. The number of anilines is 1. The molecule has 0 aliphatic rings. The lowest BCUT2D eigenvalue weighted by Gasteiger charge is -2.19. The highest BCUT2D eigenvalue weighted by Gasteiger charge is 2.29. The predicted molar refractivity (Wildman–Crippen MR) is 126 cm³/mol. The molecule has 2 aromatic carbocycles. The van der Waals surface area contributed by atoms with Gasteiger partial charge >= 0.3 is 0 Å². The van der Waals surface area contributed by atoms with Crippen molar-refractivity contribution in [3.05, 3.63) is 35.4 Å². The van der Waals surface area contributed by atoms with Crippen molar-refractivity contribution in [2.24, 2.45) is 10.2 Å². The summed E-state index contributed by atoms with van der Waals surface area (Å²) in [6, 6.07) is 6.30. The van der Waals surface area contributed by atoms with Crippen molar-refractivity contribution < 1.29 is 28.5 Å². The molecule has 0 aliphatic heterocycles. The van der Waals surface area contributed by atoms with E-state index in [2.05, 4.69) is 10.2 Å². The lowest BCUT2D eigenvalue weighted by atomic mass is 10.2. The Hall–Kier alpha value is -3.04. The number of ketones is 1. The van der Waals surface area contributed by atoms with Crippen molar-refractivity contribution in [1.29, 1.82) is 0 Å². The van der Waals surface area contributed by atoms with Gasteiger partial charge in [0.2, 0.25) is 6.04 Å². The Morgan fingerprint density at radius 1 is 1.00 bits per heavy atom. The smallest absolute Gasteiger partial charge is 0.276 e. The second kappa shape index (κ2) is 12.3. The molecular formula is C22H25Cl2N3O6. The topological polar surface area (TPSA) is 99.0 Å². The van der Waals surface area contributed by atoms with Crippen molar-refractivity contribution in [2.45, 2.75) is 26.8 Å². The Kier molecular flexibility index (Phi) is 9.74. The summed E-state index contributed by atoms with van der Waals surface area (Å²) in [5.74, 6) is 0.0309. The molecular weight excluding hydrogens is 473 g/mol. The van der Waals surface area contributed by atoms with Gasteiger partial charge in [-0.25, -0.2) is 4.42 Å². The Bertz CT molecular complexity index is 1030. The summed E-state index contributed by atoms with van der Waals surface area (Å²) >= 11 is 12.4. The van der Waals surface area contributed by atoms with Crippen LogP contribution < -0.4 is 23.4 Å². The molecule has 0 spiro atoms. The normalized spacial score (nSPS) is 11.7. The number of hydrogen-bond donors (Lipinski definition) is 0. The number of carbonyl (C=O) groups excluding carboxylic acids is 2. The molecule has 0 saturated carbocycles. The largest absolute Gasteiger partial charge is 0.491 e. The van der Waals surface area contributed by atoms with Gasteiger partial charge in [-0.1, -0.05) is 11.6 Å². The third-order valence-corrected chi connectivity index (χ3v) is 4.96. The minimum atomic E-state index is -1.49. The van der Waals surface area contributed by atoms with Gasteiger partial charge in [-0.15, -0.1) is 0 Å². The fraction of sp³-hybridized carbons (Fsp3) is 0.364. The maximum atomic E-state index is 13.0. The van der Waals surface area contributed by atoms with Gasteiger partial charge < -0.3 is 18.9 Å². The summed E-state index contributed by atoms with van der Waals surface area (Å²) in [7, 11) is 2.83. The first kappa shape index (κ1) is 26.2. The lowest BCUT2D eigenvalue weighted by Crippen LogP contribution is -2.36. The van der Waals surface area contributed by atoms with Crippen molar-refractivity contribution in [1.82, 2.24) is 0 Å². The van der Waals surface area contributed by atoms with E-state index in [4.69, 9.17) is 42.3 Å². The molecule has 0 heterocycles. The third kappa shape index (κ3) is 6.27. The quantitative estimate of drug-likeness (QED) is 0.234. The monoisotopic (exact) mass is 497 g/mol. The van der Waals surface area contributed by atoms with Crippen LogP contribution in [0.2, 0.25) is 5.02 Å². The zero-order valence-corrected chi connectivity index (χ0v) is 20.4. The van der Waals surface area contributed by atoms with E-state index in [1.807, 2.05) is 13.8 Å². The summed E-state index contributed by atoms with van der Waals surface area (Å²) in [6.45, 7) is 5.70. The highest BCUT2D eigenvalue weighted by molar-refractivity contribution is 6.39. The molecule has 1 unspecified atom stereocenters. The van der Waals surface area contributed by atoms with Gasteiger partial charge in [0.1, 0.15) is 5.69 Å². The van der Waals surface area contributed by atoms with E-state index in [9.17, 15) is 9.59 Å². The van der Waals surface area contributed by atoms with Crippen LogP contribution in [0.25, 0.3) is 0 Å². The average Bonchev–Trinajstić information content (AvgIpc) is 2.80. The van der Waals surface area contributed by atoms with E-state index < -0.39 is 17.7 Å². The standard InChI is InChI=1S/C22H25Cl2N3O6/c1-6-32-17-11-8-14(12-18(17)33-7-2)27(24)22(29)19(13(3)28)26-25-16-10-9-15(23)20(30-4)21(16)31-5/h8-12,19H,6-7H2,1-5H3. The number of nitrogens with zero attached hydrogens (tertiary/aromatic N) is 3. The highest BCUT2D eigenvalue weighted by Crippen LogP contribution is 2.42. The van der Waals surface area contributed by atoms with Crippen LogP contribution in [0.5, 0.6) is 23.0 Å². The molecule has 33 heavy (non-hydrogen) atoms. The molecule has 1 atom stereocenters. The highest BCUT2D eigenvalue weighted by atomic mass is 35.5. The molecule has 178 valence electrons. The molecule has 0 radical (unpaired) electrons. The molecule has 0 fully saturated rings. The minimum Gasteiger partial charge on any atom is -0.491 e. The number of halogens is 2. The maximum absolute atomic E-state index is 13.0. The Morgan fingerprint density at radius 3 is 2.21 bits per heavy atom. The van der Waals surface area contributed by atoms with Crippen LogP contribution in [-0.4, -0.2) is 45.2 Å². The van der Waals surface area contributed by atoms with E-state index in [0.717, 1.165) is 4.42 Å². The number of ether oxygens (including phenoxy) is 4. The zero-order valence-electron chi connectivity index (χ0n) is 18.9. The van der Waals surface area contributed by atoms with Gasteiger partial charge in [0, 0.05) is 17.8 Å². The number of amides is 1. The molecule has 1 amide bonds. The predicted octanol–water partition coefficient (Wildman–Crippen LogP) is 5.38. The van der Waals surface area contributed by atoms with Gasteiger partial charge in [-0.05, 0) is 45.0 Å². The van der Waals surface area contributed by atoms with Gasteiger partial charge in [0.05, 0.1) is 38.1 Å². The van der Waals surface area contributed by atoms with Gasteiger partial charge in [-0.3, -0.25) is 9.59 Å². The summed E-state index contributed by atoms with van der Waals surface area (Å²) in [5, 5.41) is 8.25. The van der Waals surface area contributed by atoms with E-state index >= 15 is 0 Å². The van der Waals surface area contributed by atoms with Crippen molar-refractivity contribution in [3.8, 4) is 23.0 Å². The number of benzene rings is 2. The number of hydrogen-bond acceptors (Lipinski definition) is 8. The van der Waals surface area contributed by atoms with Gasteiger partial charge in [0.15, 0.2) is 28.8 Å².